The van der Waals surface area contributed by atoms with Crippen LogP contribution in [0.4, 0.5) is 0 Å². The predicted molar refractivity (Wildman–Crippen MR) is 74.5 cm³/mol. The van der Waals surface area contributed by atoms with Gasteiger partial charge in [0.25, 0.3) is 0 Å². The number of carbonyl (C=O) groups excluding carboxylic acids is 1. The van der Waals surface area contributed by atoms with Gasteiger partial charge in [-0.3, -0.25) is 0 Å². The van der Waals surface area contributed by atoms with Crippen LogP contribution >= 0.6 is 0 Å². The lowest BCUT2D eigenvalue weighted by molar-refractivity contribution is -0.107. The number of phenols is 1. The summed E-state index contributed by atoms with van der Waals surface area (Å²) in [6.07, 6.45) is 5.49. The third-order valence-electron chi connectivity index (χ3n) is 3.79. The average Bonchev–Trinajstić information content (AvgIpc) is 2.70. The van der Waals surface area contributed by atoms with Crippen molar-refractivity contribution in [1.82, 2.24) is 0 Å². The Labute approximate surface area is 114 Å². The van der Waals surface area contributed by atoms with Crippen molar-refractivity contribution in [3.8, 4) is 11.5 Å². The molecule has 0 aliphatic heterocycles. The second-order valence-electron chi connectivity index (χ2n) is 6.15. The first-order valence-corrected chi connectivity index (χ1v) is 6.92. The van der Waals surface area contributed by atoms with Crippen molar-refractivity contribution < 1.29 is 14.6 Å². The molecule has 0 saturated heterocycles. The molecule has 0 heterocycles. The maximum Gasteiger partial charge on any atom is 0.161 e. The maximum absolute atomic E-state index is 10.4. The monoisotopic (exact) mass is 262 g/mol. The molecule has 0 spiro atoms. The Morgan fingerprint density at radius 2 is 2.26 bits per heavy atom. The number of aromatic hydroxyl groups is 1. The van der Waals surface area contributed by atoms with Crippen molar-refractivity contribution >= 4 is 6.29 Å². The predicted octanol–water partition coefficient (Wildman–Crippen LogP) is 3.48. The summed E-state index contributed by atoms with van der Waals surface area (Å²) in [5.74, 6) is 0.727. The fourth-order valence-corrected chi connectivity index (χ4v) is 2.69. The third kappa shape index (κ3) is 3.72. The highest BCUT2D eigenvalue weighted by atomic mass is 16.5. The van der Waals surface area contributed by atoms with Crippen molar-refractivity contribution in [2.75, 3.05) is 0 Å². The van der Waals surface area contributed by atoms with Gasteiger partial charge >= 0.3 is 0 Å². The van der Waals surface area contributed by atoms with Crippen LogP contribution in [0.5, 0.6) is 11.5 Å². The van der Waals surface area contributed by atoms with Crippen molar-refractivity contribution in [2.24, 2.45) is 5.41 Å². The number of hydrogen-bond donors (Lipinski definition) is 1. The number of hydrogen-bond acceptors (Lipinski definition) is 3. The quantitative estimate of drug-likeness (QED) is 0.826. The number of phenolic OH excluding ortho intramolecular Hbond substituents is 1. The number of rotatable bonds is 5. The van der Waals surface area contributed by atoms with Crippen LogP contribution in [0, 0.1) is 5.41 Å². The molecule has 0 amide bonds. The lowest BCUT2D eigenvalue weighted by atomic mass is 9.92. The van der Waals surface area contributed by atoms with Gasteiger partial charge in [-0.25, -0.2) is 0 Å². The molecule has 2 rings (SSSR count). The zero-order valence-corrected chi connectivity index (χ0v) is 11.7. The summed E-state index contributed by atoms with van der Waals surface area (Å²) in [6, 6.07) is 5.34. The SMILES string of the molecule is CC1(C)CCC(Oc2cc(CCC=O)ccc2O)C1. The van der Waals surface area contributed by atoms with Gasteiger partial charge in [0, 0.05) is 6.42 Å². The molecular formula is C16H22O3. The van der Waals surface area contributed by atoms with E-state index in [1.807, 2.05) is 12.1 Å². The van der Waals surface area contributed by atoms with Crippen molar-refractivity contribution in [3.05, 3.63) is 23.8 Å². The van der Waals surface area contributed by atoms with Crippen LogP contribution in [0.15, 0.2) is 18.2 Å². The van der Waals surface area contributed by atoms with Gasteiger partial charge in [0.1, 0.15) is 6.29 Å². The third-order valence-corrected chi connectivity index (χ3v) is 3.79. The Morgan fingerprint density at radius 3 is 2.89 bits per heavy atom. The van der Waals surface area contributed by atoms with E-state index in [4.69, 9.17) is 4.74 Å². The molecule has 1 aromatic carbocycles. The van der Waals surface area contributed by atoms with Crippen molar-refractivity contribution in [1.29, 1.82) is 0 Å². The van der Waals surface area contributed by atoms with Gasteiger partial charge in [-0.05, 0) is 48.8 Å². The lowest BCUT2D eigenvalue weighted by Gasteiger charge is -2.19. The first-order valence-electron chi connectivity index (χ1n) is 6.92. The minimum Gasteiger partial charge on any atom is -0.504 e. The Hall–Kier alpha value is -1.51. The molecule has 1 aromatic rings. The largest absolute Gasteiger partial charge is 0.504 e. The Morgan fingerprint density at radius 1 is 1.47 bits per heavy atom. The molecule has 0 bridgehead atoms. The fourth-order valence-electron chi connectivity index (χ4n) is 2.69. The molecule has 0 radical (unpaired) electrons. The van der Waals surface area contributed by atoms with E-state index < -0.39 is 0 Å². The molecule has 1 N–H and O–H groups in total. The molecule has 1 saturated carbocycles. The summed E-state index contributed by atoms with van der Waals surface area (Å²) in [6.45, 7) is 4.49. The first kappa shape index (κ1) is 13.9. The smallest absolute Gasteiger partial charge is 0.161 e. The minimum atomic E-state index is 0.180. The van der Waals surface area contributed by atoms with Crippen molar-refractivity contribution in [2.45, 2.75) is 52.1 Å². The molecule has 19 heavy (non-hydrogen) atoms. The van der Waals surface area contributed by atoms with Gasteiger partial charge in [0.15, 0.2) is 11.5 Å². The normalized spacial score (nSPS) is 21.3. The van der Waals surface area contributed by atoms with E-state index in [0.29, 0.717) is 24.0 Å². The van der Waals surface area contributed by atoms with Gasteiger partial charge in [0.05, 0.1) is 6.10 Å². The number of ether oxygens (including phenoxy) is 1. The Balaban J connectivity index is 2.04. The fraction of sp³-hybridized carbons (Fsp3) is 0.562. The van der Waals surface area contributed by atoms with Crippen LogP contribution in [0.2, 0.25) is 0 Å². The summed E-state index contributed by atoms with van der Waals surface area (Å²) >= 11 is 0. The number of benzene rings is 1. The molecular weight excluding hydrogens is 240 g/mol. The van der Waals surface area contributed by atoms with Gasteiger partial charge in [-0.2, -0.15) is 0 Å². The highest BCUT2D eigenvalue weighted by Gasteiger charge is 2.32. The molecule has 104 valence electrons. The highest BCUT2D eigenvalue weighted by Crippen LogP contribution is 2.40. The molecule has 1 aliphatic rings. The average molecular weight is 262 g/mol. The summed E-state index contributed by atoms with van der Waals surface area (Å²) < 4.78 is 5.92. The van der Waals surface area contributed by atoms with Gasteiger partial charge in [-0.15, -0.1) is 0 Å². The molecule has 1 aliphatic carbocycles. The van der Waals surface area contributed by atoms with Gasteiger partial charge in [-0.1, -0.05) is 19.9 Å². The molecule has 0 aromatic heterocycles. The zero-order chi connectivity index (χ0) is 13.9. The van der Waals surface area contributed by atoms with Crippen LogP contribution in [0.25, 0.3) is 0 Å². The highest BCUT2D eigenvalue weighted by molar-refractivity contribution is 5.51. The molecule has 3 heteroatoms. The maximum atomic E-state index is 10.4. The van der Waals surface area contributed by atoms with Crippen LogP contribution in [0.1, 0.15) is 45.1 Å². The van der Waals surface area contributed by atoms with E-state index in [9.17, 15) is 9.90 Å². The molecule has 1 fully saturated rings. The van der Waals surface area contributed by atoms with Gasteiger partial charge in [0.2, 0.25) is 0 Å². The van der Waals surface area contributed by atoms with Crippen LogP contribution in [0.3, 0.4) is 0 Å². The summed E-state index contributed by atoms with van der Waals surface area (Å²) in [7, 11) is 0. The van der Waals surface area contributed by atoms with E-state index in [1.165, 1.54) is 0 Å². The zero-order valence-electron chi connectivity index (χ0n) is 11.7. The molecule has 1 unspecified atom stereocenters. The Bertz CT molecular complexity index is 451. The minimum absolute atomic E-state index is 0.180. The summed E-state index contributed by atoms with van der Waals surface area (Å²) in [5, 5.41) is 9.86. The molecule has 1 atom stereocenters. The van der Waals surface area contributed by atoms with Crippen LogP contribution in [-0.4, -0.2) is 17.5 Å². The van der Waals surface area contributed by atoms with Crippen molar-refractivity contribution in [3.63, 3.8) is 0 Å². The second-order valence-corrected chi connectivity index (χ2v) is 6.15. The van der Waals surface area contributed by atoms with E-state index in [-0.39, 0.29) is 11.9 Å². The number of carbonyl (C=O) groups is 1. The lowest BCUT2D eigenvalue weighted by Crippen LogP contribution is -2.15. The number of aldehydes is 1. The summed E-state index contributed by atoms with van der Waals surface area (Å²) in [5.41, 5.74) is 1.35. The number of aryl methyl sites for hydroxylation is 1. The van der Waals surface area contributed by atoms with E-state index in [0.717, 1.165) is 31.1 Å². The van der Waals surface area contributed by atoms with Crippen LogP contribution in [-0.2, 0) is 11.2 Å². The second kappa shape index (κ2) is 5.64. The topological polar surface area (TPSA) is 46.5 Å². The molecule has 3 nitrogen and oxygen atoms in total. The first-order chi connectivity index (χ1) is 9.00. The Kier molecular flexibility index (Phi) is 4.13. The standard InChI is InChI=1S/C16H22O3/c1-16(2)8-7-13(11-16)19-15-10-12(4-3-9-17)5-6-14(15)18/h5-6,9-10,13,18H,3-4,7-8,11H2,1-2H3. The van der Waals surface area contributed by atoms with E-state index >= 15 is 0 Å². The van der Waals surface area contributed by atoms with Gasteiger partial charge < -0.3 is 14.6 Å². The van der Waals surface area contributed by atoms with E-state index in [2.05, 4.69) is 13.8 Å². The van der Waals surface area contributed by atoms with Crippen LogP contribution < -0.4 is 4.74 Å². The van der Waals surface area contributed by atoms with E-state index in [1.54, 1.807) is 6.07 Å². The summed E-state index contributed by atoms with van der Waals surface area (Å²) in [4.78, 5) is 10.4.